The minimum absolute atomic E-state index is 0.0763. The van der Waals surface area contributed by atoms with Crippen LogP contribution in [-0.4, -0.2) is 43.7 Å². The molecule has 2 aromatic rings. The van der Waals surface area contributed by atoms with Crippen molar-refractivity contribution in [2.24, 2.45) is 0 Å². The van der Waals surface area contributed by atoms with Crippen molar-refractivity contribution in [2.75, 3.05) is 18.9 Å². The molecule has 8 heteroatoms. The highest BCUT2D eigenvalue weighted by molar-refractivity contribution is 5.83. The standard InChI is InChI=1S/C9H12N6O2/c10-8-7-9(13-4-12-8)15(5-14-7)3-6(17)11-1-2-16/h4-5,16H,1-3H2,(H,11,17)(H2,10,12,13). The van der Waals surface area contributed by atoms with Gasteiger partial charge in [-0.25, -0.2) is 15.0 Å². The molecule has 2 heterocycles. The molecule has 2 rings (SSSR count). The monoisotopic (exact) mass is 236 g/mol. The number of nitrogens with one attached hydrogen (secondary N) is 1. The van der Waals surface area contributed by atoms with Gasteiger partial charge in [0.05, 0.1) is 12.9 Å². The molecule has 0 atom stereocenters. The second-order valence-electron chi connectivity index (χ2n) is 3.38. The second-order valence-corrected chi connectivity index (χ2v) is 3.38. The molecule has 0 spiro atoms. The van der Waals surface area contributed by atoms with Gasteiger partial charge in [0.25, 0.3) is 0 Å². The molecule has 0 radical (unpaired) electrons. The number of aliphatic hydroxyl groups excluding tert-OH is 1. The Balaban J connectivity index is 2.19. The minimum atomic E-state index is -0.226. The molecule has 4 N–H and O–H groups in total. The zero-order chi connectivity index (χ0) is 12.3. The van der Waals surface area contributed by atoms with Crippen LogP contribution >= 0.6 is 0 Å². The summed E-state index contributed by atoms with van der Waals surface area (Å²) in [6.07, 6.45) is 2.80. The number of fused-ring (bicyclic) bond motifs is 1. The Bertz CT molecular complexity index is 537. The first-order valence-corrected chi connectivity index (χ1v) is 5.01. The molecule has 0 aliphatic rings. The first-order chi connectivity index (χ1) is 8.22. The number of carbonyl (C=O) groups is 1. The molecule has 0 saturated carbocycles. The van der Waals surface area contributed by atoms with Gasteiger partial charge in [0.1, 0.15) is 18.4 Å². The highest BCUT2D eigenvalue weighted by Crippen LogP contribution is 2.13. The number of aromatic nitrogens is 4. The summed E-state index contributed by atoms with van der Waals surface area (Å²) >= 11 is 0. The fourth-order valence-corrected chi connectivity index (χ4v) is 1.42. The maximum Gasteiger partial charge on any atom is 0.240 e. The molecular weight excluding hydrogens is 224 g/mol. The predicted molar refractivity (Wildman–Crippen MR) is 59.8 cm³/mol. The van der Waals surface area contributed by atoms with Gasteiger partial charge in [-0.1, -0.05) is 0 Å². The average Bonchev–Trinajstić information content (AvgIpc) is 2.71. The Morgan fingerprint density at radius 3 is 3.06 bits per heavy atom. The Morgan fingerprint density at radius 1 is 1.47 bits per heavy atom. The summed E-state index contributed by atoms with van der Waals surface area (Å²) in [5.74, 6) is 0.0556. The highest BCUT2D eigenvalue weighted by Gasteiger charge is 2.10. The van der Waals surface area contributed by atoms with Crippen LogP contribution in [0, 0.1) is 0 Å². The highest BCUT2D eigenvalue weighted by atomic mass is 16.3. The SMILES string of the molecule is Nc1ncnc2c1ncn2CC(=O)NCCO. The maximum absolute atomic E-state index is 11.5. The summed E-state index contributed by atoms with van der Waals surface area (Å²) in [5, 5.41) is 11.1. The van der Waals surface area contributed by atoms with Gasteiger partial charge in [-0.15, -0.1) is 0 Å². The first-order valence-electron chi connectivity index (χ1n) is 5.01. The number of imidazole rings is 1. The van der Waals surface area contributed by atoms with E-state index in [9.17, 15) is 4.79 Å². The smallest absolute Gasteiger partial charge is 0.240 e. The molecule has 90 valence electrons. The fraction of sp³-hybridized carbons (Fsp3) is 0.333. The predicted octanol–water partition coefficient (Wildman–Crippen LogP) is -1.48. The van der Waals surface area contributed by atoms with Gasteiger partial charge < -0.3 is 20.7 Å². The Hall–Kier alpha value is -2.22. The number of amides is 1. The summed E-state index contributed by atoms with van der Waals surface area (Å²) in [6.45, 7) is 0.209. The van der Waals surface area contributed by atoms with Crippen molar-refractivity contribution in [3.63, 3.8) is 0 Å². The number of carbonyl (C=O) groups excluding carboxylic acids is 1. The molecule has 0 aliphatic carbocycles. The Labute approximate surface area is 96.5 Å². The lowest BCUT2D eigenvalue weighted by molar-refractivity contribution is -0.121. The van der Waals surface area contributed by atoms with E-state index < -0.39 is 0 Å². The van der Waals surface area contributed by atoms with Gasteiger partial charge >= 0.3 is 0 Å². The van der Waals surface area contributed by atoms with Crippen molar-refractivity contribution in [1.82, 2.24) is 24.8 Å². The van der Waals surface area contributed by atoms with E-state index in [0.717, 1.165) is 0 Å². The Kier molecular flexibility index (Phi) is 3.15. The number of nitrogens with two attached hydrogens (primary N) is 1. The van der Waals surface area contributed by atoms with E-state index in [1.807, 2.05) is 0 Å². The van der Waals surface area contributed by atoms with Crippen molar-refractivity contribution in [3.8, 4) is 0 Å². The van der Waals surface area contributed by atoms with Crippen LogP contribution in [-0.2, 0) is 11.3 Å². The van der Waals surface area contributed by atoms with Gasteiger partial charge in [-0.3, -0.25) is 4.79 Å². The van der Waals surface area contributed by atoms with Crippen LogP contribution in [0.5, 0.6) is 0 Å². The van der Waals surface area contributed by atoms with Crippen LogP contribution < -0.4 is 11.1 Å². The summed E-state index contributed by atoms with van der Waals surface area (Å²) in [7, 11) is 0. The zero-order valence-corrected chi connectivity index (χ0v) is 9.00. The average molecular weight is 236 g/mol. The van der Waals surface area contributed by atoms with Crippen molar-refractivity contribution < 1.29 is 9.90 Å². The van der Waals surface area contributed by atoms with Crippen molar-refractivity contribution >= 4 is 22.9 Å². The molecule has 8 nitrogen and oxygen atoms in total. The molecule has 0 saturated heterocycles. The lowest BCUT2D eigenvalue weighted by Crippen LogP contribution is -2.29. The van der Waals surface area contributed by atoms with Crippen molar-refractivity contribution in [1.29, 1.82) is 0 Å². The second kappa shape index (κ2) is 4.74. The normalized spacial score (nSPS) is 10.6. The molecule has 0 aliphatic heterocycles. The van der Waals surface area contributed by atoms with Gasteiger partial charge in [0.15, 0.2) is 11.5 Å². The third kappa shape index (κ3) is 2.31. The minimum Gasteiger partial charge on any atom is -0.395 e. The Morgan fingerprint density at radius 2 is 2.29 bits per heavy atom. The van der Waals surface area contributed by atoms with E-state index in [2.05, 4.69) is 20.3 Å². The van der Waals surface area contributed by atoms with E-state index in [4.69, 9.17) is 10.8 Å². The van der Waals surface area contributed by atoms with Crippen LogP contribution in [0.1, 0.15) is 0 Å². The molecule has 0 fully saturated rings. The van der Waals surface area contributed by atoms with E-state index in [-0.39, 0.29) is 31.4 Å². The van der Waals surface area contributed by atoms with Crippen molar-refractivity contribution in [2.45, 2.75) is 6.54 Å². The third-order valence-corrected chi connectivity index (χ3v) is 2.18. The zero-order valence-electron chi connectivity index (χ0n) is 9.00. The van der Waals surface area contributed by atoms with Crippen LogP contribution in [0.4, 0.5) is 5.82 Å². The molecule has 0 aromatic carbocycles. The molecular formula is C9H12N6O2. The van der Waals surface area contributed by atoms with Gasteiger partial charge in [0, 0.05) is 6.54 Å². The van der Waals surface area contributed by atoms with Crippen LogP contribution in [0.25, 0.3) is 11.2 Å². The van der Waals surface area contributed by atoms with E-state index >= 15 is 0 Å². The van der Waals surface area contributed by atoms with Gasteiger partial charge in [0.2, 0.25) is 5.91 Å². The maximum atomic E-state index is 11.5. The quantitative estimate of drug-likeness (QED) is 0.595. The molecule has 1 amide bonds. The molecule has 0 unspecified atom stereocenters. The van der Waals surface area contributed by atoms with Crippen molar-refractivity contribution in [3.05, 3.63) is 12.7 Å². The topological polar surface area (TPSA) is 119 Å². The summed E-state index contributed by atoms with van der Waals surface area (Å²) < 4.78 is 1.57. The molecule has 0 bridgehead atoms. The number of rotatable bonds is 4. The van der Waals surface area contributed by atoms with Crippen LogP contribution in [0.2, 0.25) is 0 Å². The number of hydrogen-bond donors (Lipinski definition) is 3. The van der Waals surface area contributed by atoms with Gasteiger partial charge in [-0.2, -0.15) is 0 Å². The largest absolute Gasteiger partial charge is 0.395 e. The third-order valence-electron chi connectivity index (χ3n) is 2.18. The summed E-state index contributed by atoms with van der Waals surface area (Å²) in [6, 6.07) is 0. The lowest BCUT2D eigenvalue weighted by Gasteiger charge is -2.04. The number of hydrogen-bond acceptors (Lipinski definition) is 6. The fourth-order valence-electron chi connectivity index (χ4n) is 1.42. The van der Waals surface area contributed by atoms with Crippen LogP contribution in [0.3, 0.4) is 0 Å². The summed E-state index contributed by atoms with van der Waals surface area (Å²) in [4.78, 5) is 23.3. The number of nitrogens with zero attached hydrogens (tertiary/aromatic N) is 4. The molecule has 17 heavy (non-hydrogen) atoms. The summed E-state index contributed by atoms with van der Waals surface area (Å²) in [5.41, 5.74) is 6.61. The molecule has 2 aromatic heterocycles. The lowest BCUT2D eigenvalue weighted by atomic mass is 10.5. The first kappa shape index (κ1) is 11.3. The van der Waals surface area contributed by atoms with Crippen LogP contribution in [0.15, 0.2) is 12.7 Å². The number of nitrogen functional groups attached to an aromatic ring is 1. The number of anilines is 1. The van der Waals surface area contributed by atoms with Gasteiger partial charge in [-0.05, 0) is 0 Å². The van der Waals surface area contributed by atoms with E-state index in [0.29, 0.717) is 11.2 Å². The van der Waals surface area contributed by atoms with E-state index in [1.54, 1.807) is 4.57 Å². The number of aliphatic hydroxyl groups is 1. The van der Waals surface area contributed by atoms with E-state index in [1.165, 1.54) is 12.7 Å².